The molecule has 0 unspecified atom stereocenters. The van der Waals surface area contributed by atoms with Crippen molar-refractivity contribution in [1.29, 1.82) is 0 Å². The molecule has 30 heavy (non-hydrogen) atoms. The standard InChI is InChI=1S/C13H12N2.C13H14N2/c14-10-1-3-12-8(6-10)5-9-7-11(15)2-4-13(9)12;14-12-5-1-3-10(8-12)7-11-4-2-6-13(15)9-11/h1-4,6-7H,5,14-15H2;1-6,8-9H,7,14-15H2. The van der Waals surface area contributed by atoms with Crippen molar-refractivity contribution in [2.45, 2.75) is 12.8 Å². The van der Waals surface area contributed by atoms with Crippen molar-refractivity contribution >= 4 is 22.7 Å². The molecule has 5 rings (SSSR count). The Morgan fingerprint density at radius 2 is 0.933 bits per heavy atom. The molecule has 4 aromatic carbocycles. The molecule has 4 nitrogen and oxygen atoms in total. The zero-order valence-electron chi connectivity index (χ0n) is 16.8. The number of anilines is 4. The van der Waals surface area contributed by atoms with Crippen molar-refractivity contribution in [3.8, 4) is 11.1 Å². The highest BCUT2D eigenvalue weighted by atomic mass is 14.6. The minimum Gasteiger partial charge on any atom is -0.399 e. The summed E-state index contributed by atoms with van der Waals surface area (Å²) in [5.74, 6) is 0. The van der Waals surface area contributed by atoms with E-state index in [0.29, 0.717) is 0 Å². The van der Waals surface area contributed by atoms with Gasteiger partial charge in [0.05, 0.1) is 0 Å². The minimum absolute atomic E-state index is 0.802. The molecule has 1 aliphatic rings. The van der Waals surface area contributed by atoms with Gasteiger partial charge < -0.3 is 22.9 Å². The maximum absolute atomic E-state index is 5.77. The van der Waals surface area contributed by atoms with E-state index in [-0.39, 0.29) is 0 Å². The monoisotopic (exact) mass is 394 g/mol. The lowest BCUT2D eigenvalue weighted by molar-refractivity contribution is 1.20. The molecule has 0 bridgehead atoms. The molecular weight excluding hydrogens is 368 g/mol. The van der Waals surface area contributed by atoms with Crippen LogP contribution < -0.4 is 22.9 Å². The molecule has 0 aromatic heterocycles. The minimum atomic E-state index is 0.802. The van der Waals surface area contributed by atoms with Gasteiger partial charge in [0.25, 0.3) is 0 Å². The van der Waals surface area contributed by atoms with Gasteiger partial charge in [-0.15, -0.1) is 0 Å². The van der Waals surface area contributed by atoms with E-state index in [9.17, 15) is 0 Å². The lowest BCUT2D eigenvalue weighted by Gasteiger charge is -2.03. The number of nitrogen functional groups attached to an aromatic ring is 4. The Morgan fingerprint density at radius 1 is 0.500 bits per heavy atom. The van der Waals surface area contributed by atoms with Crippen LogP contribution >= 0.6 is 0 Å². The first-order valence-corrected chi connectivity index (χ1v) is 9.94. The third-order valence-electron chi connectivity index (χ3n) is 5.24. The summed E-state index contributed by atoms with van der Waals surface area (Å²) in [6.07, 6.45) is 1.82. The molecule has 0 radical (unpaired) electrons. The first-order valence-electron chi connectivity index (χ1n) is 9.94. The van der Waals surface area contributed by atoms with Crippen molar-refractivity contribution in [1.82, 2.24) is 0 Å². The third kappa shape index (κ3) is 4.39. The number of hydrogen-bond donors (Lipinski definition) is 4. The fraction of sp³-hybridized carbons (Fsp3) is 0.0769. The smallest absolute Gasteiger partial charge is 0.0317 e. The van der Waals surface area contributed by atoms with Crippen LogP contribution in [0.2, 0.25) is 0 Å². The van der Waals surface area contributed by atoms with Crippen LogP contribution in [0.1, 0.15) is 22.3 Å². The first kappa shape index (κ1) is 19.4. The molecule has 1 aliphatic carbocycles. The van der Waals surface area contributed by atoms with E-state index >= 15 is 0 Å². The van der Waals surface area contributed by atoms with Gasteiger partial charge in [-0.1, -0.05) is 36.4 Å². The van der Waals surface area contributed by atoms with E-state index in [4.69, 9.17) is 22.9 Å². The molecule has 150 valence electrons. The van der Waals surface area contributed by atoms with Crippen LogP contribution in [-0.4, -0.2) is 0 Å². The van der Waals surface area contributed by atoms with Crippen molar-refractivity contribution in [3.63, 3.8) is 0 Å². The van der Waals surface area contributed by atoms with Gasteiger partial charge in [-0.05, 0) is 94.8 Å². The molecule has 0 heterocycles. The Morgan fingerprint density at radius 3 is 1.37 bits per heavy atom. The van der Waals surface area contributed by atoms with Crippen LogP contribution in [0.4, 0.5) is 22.7 Å². The van der Waals surface area contributed by atoms with Crippen LogP contribution in [0.5, 0.6) is 0 Å². The normalized spacial score (nSPS) is 11.2. The zero-order chi connectivity index (χ0) is 21.1. The van der Waals surface area contributed by atoms with E-state index in [0.717, 1.165) is 35.6 Å². The van der Waals surface area contributed by atoms with Gasteiger partial charge in [0.1, 0.15) is 0 Å². The summed E-state index contributed by atoms with van der Waals surface area (Å²) < 4.78 is 0. The van der Waals surface area contributed by atoms with E-state index in [1.54, 1.807) is 0 Å². The Hall–Kier alpha value is -3.92. The van der Waals surface area contributed by atoms with Gasteiger partial charge in [-0.3, -0.25) is 0 Å². The second kappa shape index (κ2) is 8.21. The summed E-state index contributed by atoms with van der Waals surface area (Å²) in [6, 6.07) is 28.0. The molecule has 0 atom stereocenters. The molecule has 0 fully saturated rings. The molecule has 0 spiro atoms. The fourth-order valence-corrected chi connectivity index (χ4v) is 3.89. The quantitative estimate of drug-likeness (QED) is 0.321. The second-order valence-electron chi connectivity index (χ2n) is 7.68. The van der Waals surface area contributed by atoms with Gasteiger partial charge in [0, 0.05) is 22.7 Å². The maximum atomic E-state index is 5.77. The van der Waals surface area contributed by atoms with Crippen molar-refractivity contribution in [2.24, 2.45) is 0 Å². The molecular formula is C26H26N4. The van der Waals surface area contributed by atoms with E-state index in [1.165, 1.54) is 33.4 Å². The zero-order valence-corrected chi connectivity index (χ0v) is 16.8. The number of rotatable bonds is 2. The topological polar surface area (TPSA) is 104 Å². The summed E-state index contributed by atoms with van der Waals surface area (Å²) in [5, 5.41) is 0. The van der Waals surface area contributed by atoms with E-state index in [1.807, 2.05) is 60.7 Å². The van der Waals surface area contributed by atoms with Crippen LogP contribution in [0, 0.1) is 0 Å². The Bertz CT molecular complexity index is 1100. The van der Waals surface area contributed by atoms with Gasteiger partial charge in [-0.25, -0.2) is 0 Å². The molecule has 8 N–H and O–H groups in total. The lowest BCUT2D eigenvalue weighted by Crippen LogP contribution is -1.92. The predicted molar refractivity (Wildman–Crippen MR) is 128 cm³/mol. The average molecular weight is 395 g/mol. The predicted octanol–water partition coefficient (Wildman–Crippen LogP) is 4.86. The molecule has 0 aliphatic heterocycles. The highest BCUT2D eigenvalue weighted by Crippen LogP contribution is 2.38. The largest absolute Gasteiger partial charge is 0.399 e. The Balaban J connectivity index is 0.000000145. The summed E-state index contributed by atoms with van der Waals surface area (Å²) in [6.45, 7) is 0. The number of fused-ring (bicyclic) bond motifs is 3. The van der Waals surface area contributed by atoms with Gasteiger partial charge in [0.2, 0.25) is 0 Å². The Labute approximate surface area is 177 Å². The molecule has 4 aromatic rings. The van der Waals surface area contributed by atoms with Gasteiger partial charge in [0.15, 0.2) is 0 Å². The van der Waals surface area contributed by atoms with Crippen LogP contribution in [-0.2, 0) is 12.8 Å². The average Bonchev–Trinajstić information content (AvgIpc) is 3.04. The number of hydrogen-bond acceptors (Lipinski definition) is 4. The van der Waals surface area contributed by atoms with E-state index in [2.05, 4.69) is 24.3 Å². The van der Waals surface area contributed by atoms with Crippen LogP contribution in [0.25, 0.3) is 11.1 Å². The molecule has 0 saturated carbocycles. The lowest BCUT2D eigenvalue weighted by atomic mass is 10.0. The highest BCUT2D eigenvalue weighted by Gasteiger charge is 2.17. The van der Waals surface area contributed by atoms with E-state index < -0.39 is 0 Å². The van der Waals surface area contributed by atoms with Gasteiger partial charge >= 0.3 is 0 Å². The van der Waals surface area contributed by atoms with Crippen LogP contribution in [0.15, 0.2) is 84.9 Å². The summed E-state index contributed by atoms with van der Waals surface area (Å²) in [4.78, 5) is 0. The van der Waals surface area contributed by atoms with Crippen molar-refractivity contribution in [3.05, 3.63) is 107 Å². The van der Waals surface area contributed by atoms with Crippen molar-refractivity contribution in [2.75, 3.05) is 22.9 Å². The summed E-state index contributed by atoms with van der Waals surface area (Å²) in [5.41, 5.74) is 33.8. The SMILES string of the molecule is Nc1ccc2c(c1)Cc1cc(N)ccc1-2.Nc1cccc(Cc2cccc(N)c2)c1. The van der Waals surface area contributed by atoms with Gasteiger partial charge in [-0.2, -0.15) is 0 Å². The molecule has 0 amide bonds. The third-order valence-corrected chi connectivity index (χ3v) is 5.24. The number of nitrogens with two attached hydrogens (primary N) is 4. The number of benzene rings is 4. The first-order chi connectivity index (χ1) is 14.5. The molecule has 0 saturated heterocycles. The summed E-state index contributed by atoms with van der Waals surface area (Å²) >= 11 is 0. The Kier molecular flexibility index (Phi) is 5.31. The summed E-state index contributed by atoms with van der Waals surface area (Å²) in [7, 11) is 0. The van der Waals surface area contributed by atoms with Crippen LogP contribution in [0.3, 0.4) is 0 Å². The second-order valence-corrected chi connectivity index (χ2v) is 7.68. The molecule has 4 heteroatoms. The maximum Gasteiger partial charge on any atom is 0.0317 e. The fourth-order valence-electron chi connectivity index (χ4n) is 3.89. The highest BCUT2D eigenvalue weighted by molar-refractivity contribution is 5.79. The van der Waals surface area contributed by atoms with Crippen molar-refractivity contribution < 1.29 is 0 Å².